The monoisotopic (exact) mass is 407 g/mol. The summed E-state index contributed by atoms with van der Waals surface area (Å²) in [6.07, 6.45) is 1.38. The maximum absolute atomic E-state index is 14.5. The van der Waals surface area contributed by atoms with Crippen LogP contribution in [0.25, 0.3) is 0 Å². The summed E-state index contributed by atoms with van der Waals surface area (Å²) >= 11 is 0. The Labute approximate surface area is 174 Å². The van der Waals surface area contributed by atoms with E-state index in [-0.39, 0.29) is 12.0 Å². The maximum atomic E-state index is 14.5. The van der Waals surface area contributed by atoms with Gasteiger partial charge in [0.2, 0.25) is 0 Å². The molecular weight excluding hydrogens is 385 g/mol. The molecule has 2 aromatic rings. The number of nitrogens with one attached hydrogen (secondary N) is 3. The van der Waals surface area contributed by atoms with Crippen LogP contribution in [0.5, 0.6) is 0 Å². The number of aryl methyl sites for hydroxylation is 1. The van der Waals surface area contributed by atoms with Gasteiger partial charge in [-0.25, -0.2) is 9.82 Å². The molecule has 3 N–H and O–H groups in total. The normalized spacial score (nSPS) is 18.6. The number of amides is 1. The fourth-order valence-corrected chi connectivity index (χ4v) is 3.55. The molecule has 0 aromatic heterocycles. The van der Waals surface area contributed by atoms with E-state index in [4.69, 9.17) is 10.00 Å². The average Bonchev–Trinajstić information content (AvgIpc) is 3.24. The highest BCUT2D eigenvalue weighted by molar-refractivity contribution is 6.04. The van der Waals surface area contributed by atoms with Crippen molar-refractivity contribution in [3.05, 3.63) is 70.7 Å². The van der Waals surface area contributed by atoms with Gasteiger partial charge in [0.15, 0.2) is 0 Å². The molecular formula is C22H22FN5O2. The zero-order valence-corrected chi connectivity index (χ0v) is 16.5. The van der Waals surface area contributed by atoms with Gasteiger partial charge in [0.1, 0.15) is 5.82 Å². The third-order valence-electron chi connectivity index (χ3n) is 5.13. The molecule has 1 atom stereocenters. The molecule has 2 aliphatic rings. The lowest BCUT2D eigenvalue weighted by molar-refractivity contribution is -0.112. The number of hydrazine groups is 1. The third-order valence-corrected chi connectivity index (χ3v) is 5.13. The number of ether oxygens (including phenoxy) is 1. The fraction of sp³-hybridized carbons (Fsp3) is 0.273. The second-order valence-electron chi connectivity index (χ2n) is 7.23. The molecule has 1 amide bonds. The molecule has 0 spiro atoms. The lowest BCUT2D eigenvalue weighted by atomic mass is 10.1. The smallest absolute Gasteiger partial charge is 0.254 e. The zero-order valence-electron chi connectivity index (χ0n) is 16.5. The van der Waals surface area contributed by atoms with Crippen LogP contribution in [0, 0.1) is 24.1 Å². The highest BCUT2D eigenvalue weighted by Gasteiger charge is 2.22. The number of hydrogen-bond acceptors (Lipinski definition) is 6. The van der Waals surface area contributed by atoms with Crippen LogP contribution in [0.1, 0.15) is 22.8 Å². The van der Waals surface area contributed by atoms with Gasteiger partial charge in [-0.05, 0) is 42.8 Å². The molecule has 2 heterocycles. The van der Waals surface area contributed by atoms with Crippen LogP contribution >= 0.6 is 0 Å². The second-order valence-corrected chi connectivity index (χ2v) is 7.23. The van der Waals surface area contributed by atoms with E-state index in [1.165, 1.54) is 6.07 Å². The van der Waals surface area contributed by atoms with E-state index in [0.717, 1.165) is 17.8 Å². The van der Waals surface area contributed by atoms with E-state index < -0.39 is 5.82 Å². The van der Waals surface area contributed by atoms with Crippen molar-refractivity contribution in [2.45, 2.75) is 13.0 Å². The summed E-state index contributed by atoms with van der Waals surface area (Å²) in [5.74, 6) is -0.714. The van der Waals surface area contributed by atoms with Crippen LogP contribution in [0.3, 0.4) is 0 Å². The lowest BCUT2D eigenvalue weighted by Gasteiger charge is -2.24. The number of morpholine rings is 1. The number of halogens is 1. The molecule has 2 aromatic carbocycles. The standard InChI is InChI=1S/C22H22FN5O2/c1-14-8-15(10-24)2-5-20(14)28-13-16(11-26-28)22(29)27-17-3-4-18(19(23)9-17)21-12-25-6-7-30-21/h2-5,8-9,13,21,25-26H,6-7,11-12H2,1H3,(H,27,29)/t21-/m1/s1. The summed E-state index contributed by atoms with van der Waals surface area (Å²) in [5.41, 5.74) is 6.86. The number of carbonyl (C=O) groups is 1. The molecule has 154 valence electrons. The number of carbonyl (C=O) groups excluding carboxylic acids is 1. The van der Waals surface area contributed by atoms with E-state index in [1.807, 2.05) is 13.0 Å². The fourth-order valence-electron chi connectivity index (χ4n) is 3.55. The number of rotatable bonds is 4. The van der Waals surface area contributed by atoms with Crippen molar-refractivity contribution in [3.8, 4) is 6.07 Å². The van der Waals surface area contributed by atoms with E-state index >= 15 is 0 Å². The quantitative estimate of drug-likeness (QED) is 0.722. The van der Waals surface area contributed by atoms with Crippen LogP contribution in [0.2, 0.25) is 0 Å². The zero-order chi connectivity index (χ0) is 21.1. The Kier molecular flexibility index (Phi) is 5.77. The Morgan fingerprint density at radius 2 is 2.20 bits per heavy atom. The molecule has 30 heavy (non-hydrogen) atoms. The Hall–Kier alpha value is -3.25. The van der Waals surface area contributed by atoms with E-state index in [2.05, 4.69) is 22.1 Å². The summed E-state index contributed by atoms with van der Waals surface area (Å²) in [6.45, 7) is 4.10. The predicted molar refractivity (Wildman–Crippen MR) is 111 cm³/mol. The summed E-state index contributed by atoms with van der Waals surface area (Å²) < 4.78 is 20.1. The molecule has 0 unspecified atom stereocenters. The number of anilines is 2. The van der Waals surface area contributed by atoms with Crippen molar-refractivity contribution in [3.63, 3.8) is 0 Å². The van der Waals surface area contributed by atoms with Crippen LogP contribution in [0.15, 0.2) is 48.2 Å². The summed E-state index contributed by atoms with van der Waals surface area (Å²) in [5, 5.41) is 16.7. The SMILES string of the molecule is Cc1cc(C#N)ccc1N1C=C(C(=O)Nc2ccc([C@H]3CNCCO3)c(F)c2)CN1. The molecule has 2 aliphatic heterocycles. The number of nitriles is 1. The van der Waals surface area contributed by atoms with Crippen molar-refractivity contribution in [1.29, 1.82) is 5.26 Å². The van der Waals surface area contributed by atoms with Gasteiger partial charge in [-0.2, -0.15) is 5.26 Å². The Morgan fingerprint density at radius 3 is 2.90 bits per heavy atom. The Morgan fingerprint density at radius 1 is 1.33 bits per heavy atom. The first-order valence-corrected chi connectivity index (χ1v) is 9.72. The average molecular weight is 407 g/mol. The van der Waals surface area contributed by atoms with E-state index in [9.17, 15) is 9.18 Å². The molecule has 0 bridgehead atoms. The van der Waals surface area contributed by atoms with Crippen molar-refractivity contribution in [2.75, 3.05) is 36.6 Å². The van der Waals surface area contributed by atoms with Gasteiger partial charge in [-0.3, -0.25) is 9.80 Å². The topological polar surface area (TPSA) is 89.4 Å². The number of nitrogens with zero attached hydrogens (tertiary/aromatic N) is 2. The second kappa shape index (κ2) is 8.63. The van der Waals surface area contributed by atoms with Gasteiger partial charge >= 0.3 is 0 Å². The van der Waals surface area contributed by atoms with Crippen molar-refractivity contribution >= 4 is 17.3 Å². The molecule has 0 saturated carbocycles. The molecule has 4 rings (SSSR count). The Balaban J connectivity index is 1.44. The first-order chi connectivity index (χ1) is 14.5. The minimum absolute atomic E-state index is 0.306. The van der Waals surface area contributed by atoms with Gasteiger partial charge in [0.05, 0.1) is 35.6 Å². The van der Waals surface area contributed by atoms with Crippen LogP contribution < -0.4 is 21.1 Å². The number of benzene rings is 2. The number of hydrogen-bond donors (Lipinski definition) is 3. The van der Waals surface area contributed by atoms with Crippen molar-refractivity contribution in [2.24, 2.45) is 0 Å². The predicted octanol–water partition coefficient (Wildman–Crippen LogP) is 2.51. The summed E-state index contributed by atoms with van der Waals surface area (Å²) in [7, 11) is 0. The largest absolute Gasteiger partial charge is 0.371 e. The first kappa shape index (κ1) is 20.0. The molecule has 0 aliphatic carbocycles. The third kappa shape index (κ3) is 4.19. The molecule has 1 fully saturated rings. The Bertz CT molecular complexity index is 1040. The molecule has 0 radical (unpaired) electrons. The highest BCUT2D eigenvalue weighted by Crippen LogP contribution is 2.26. The first-order valence-electron chi connectivity index (χ1n) is 9.72. The highest BCUT2D eigenvalue weighted by atomic mass is 19.1. The van der Waals surface area contributed by atoms with Gasteiger partial charge in [0, 0.05) is 37.1 Å². The van der Waals surface area contributed by atoms with Gasteiger partial charge < -0.3 is 15.4 Å². The van der Waals surface area contributed by atoms with Crippen LogP contribution in [-0.2, 0) is 9.53 Å². The van der Waals surface area contributed by atoms with Crippen LogP contribution in [0.4, 0.5) is 15.8 Å². The van der Waals surface area contributed by atoms with Gasteiger partial charge in [-0.15, -0.1) is 0 Å². The van der Waals surface area contributed by atoms with Gasteiger partial charge in [-0.1, -0.05) is 6.07 Å². The maximum Gasteiger partial charge on any atom is 0.254 e. The lowest BCUT2D eigenvalue weighted by Crippen LogP contribution is -2.33. The van der Waals surface area contributed by atoms with Crippen LogP contribution in [-0.4, -0.2) is 32.1 Å². The molecule has 7 nitrogen and oxygen atoms in total. The molecule has 8 heteroatoms. The van der Waals surface area contributed by atoms with Crippen molar-refractivity contribution in [1.82, 2.24) is 10.7 Å². The molecule has 1 saturated heterocycles. The van der Waals surface area contributed by atoms with E-state index in [1.54, 1.807) is 35.5 Å². The van der Waals surface area contributed by atoms with Crippen molar-refractivity contribution < 1.29 is 13.9 Å². The minimum atomic E-state index is -0.408. The summed E-state index contributed by atoms with van der Waals surface area (Å²) in [6, 6.07) is 12.1. The van der Waals surface area contributed by atoms with E-state index in [0.29, 0.717) is 42.1 Å². The minimum Gasteiger partial charge on any atom is -0.371 e. The summed E-state index contributed by atoms with van der Waals surface area (Å²) in [4.78, 5) is 12.6. The van der Waals surface area contributed by atoms with Gasteiger partial charge in [0.25, 0.3) is 5.91 Å².